The van der Waals surface area contributed by atoms with Crippen LogP contribution in [0, 0.1) is 0 Å². The maximum atomic E-state index is 13.6. The monoisotopic (exact) mass is 548 g/mol. The lowest BCUT2D eigenvalue weighted by Gasteiger charge is -2.39. The first-order valence-electron chi connectivity index (χ1n) is 11.2. The maximum absolute atomic E-state index is 13.6. The summed E-state index contributed by atoms with van der Waals surface area (Å²) in [6, 6.07) is 6.31. The number of benzene rings is 1. The summed E-state index contributed by atoms with van der Waals surface area (Å²) in [7, 11) is -2.46. The number of nitrogens with zero attached hydrogens (tertiary/aromatic N) is 3. The van der Waals surface area contributed by atoms with Gasteiger partial charge in [-0.15, -0.1) is 24.8 Å². The quantitative estimate of drug-likeness (QED) is 0.343. The van der Waals surface area contributed by atoms with Gasteiger partial charge >= 0.3 is 0 Å². The molecule has 9 nitrogen and oxygen atoms in total. The second-order valence-corrected chi connectivity index (χ2v) is 10.6. The van der Waals surface area contributed by atoms with Crippen LogP contribution in [0.4, 0.5) is 0 Å². The molecule has 196 valence electrons. The summed E-state index contributed by atoms with van der Waals surface area (Å²) < 4.78 is 30.5. The van der Waals surface area contributed by atoms with Gasteiger partial charge in [-0.25, -0.2) is 13.9 Å². The molecule has 1 aromatic carbocycles. The number of methoxy groups -OCH3 is 1. The van der Waals surface area contributed by atoms with E-state index in [1.165, 1.54) is 12.1 Å². The van der Waals surface area contributed by atoms with Crippen LogP contribution in [-0.2, 0) is 25.8 Å². The molecule has 1 saturated heterocycles. The van der Waals surface area contributed by atoms with E-state index in [0.717, 1.165) is 30.5 Å². The average Bonchev–Trinajstić information content (AvgIpc) is 2.86. The Morgan fingerprint density at radius 3 is 2.31 bits per heavy atom. The molecule has 0 aliphatic carbocycles. The second-order valence-electron chi connectivity index (χ2n) is 8.29. The van der Waals surface area contributed by atoms with Crippen molar-refractivity contribution in [3.8, 4) is 11.3 Å². The molecular weight excluding hydrogens is 515 g/mol. The predicted octanol–water partition coefficient (Wildman–Crippen LogP) is 3.09. The van der Waals surface area contributed by atoms with Crippen LogP contribution in [0.2, 0.25) is 0 Å². The lowest BCUT2D eigenvalue weighted by Crippen LogP contribution is -2.58. The van der Waals surface area contributed by atoms with Gasteiger partial charge in [-0.3, -0.25) is 20.0 Å². The Kier molecular flexibility index (Phi) is 12.5. The molecule has 2 N–H and O–H groups in total. The Balaban J connectivity index is 0.00000306. The topological polar surface area (TPSA) is 122 Å². The molecule has 0 unspecified atom stereocenters. The first kappa shape index (κ1) is 31.2. The molecule has 1 aromatic heterocycles. The fourth-order valence-corrected chi connectivity index (χ4v) is 6.05. The van der Waals surface area contributed by atoms with Gasteiger partial charge in [0.05, 0.1) is 29.1 Å². The van der Waals surface area contributed by atoms with Crippen LogP contribution < -0.4 is 5.48 Å². The van der Waals surface area contributed by atoms with E-state index >= 15 is 0 Å². The van der Waals surface area contributed by atoms with Crippen LogP contribution >= 0.6 is 24.8 Å². The van der Waals surface area contributed by atoms with Crippen molar-refractivity contribution in [1.82, 2.24) is 20.3 Å². The largest absolute Gasteiger partial charge is 0.383 e. The number of piperidine rings is 1. The number of likely N-dealkylation sites (tertiary alicyclic amines) is 1. The zero-order chi connectivity index (χ0) is 23.9. The van der Waals surface area contributed by atoms with E-state index in [1.807, 2.05) is 4.90 Å². The molecule has 0 spiro atoms. The first-order valence-corrected chi connectivity index (χ1v) is 12.7. The third kappa shape index (κ3) is 6.90. The molecule has 0 bridgehead atoms. The van der Waals surface area contributed by atoms with Crippen molar-refractivity contribution in [1.29, 1.82) is 0 Å². The van der Waals surface area contributed by atoms with Gasteiger partial charge in [0.25, 0.3) is 5.91 Å². The predicted molar refractivity (Wildman–Crippen MR) is 138 cm³/mol. The van der Waals surface area contributed by atoms with Crippen molar-refractivity contribution in [2.45, 2.75) is 48.7 Å². The van der Waals surface area contributed by atoms with Crippen molar-refractivity contribution in [3.63, 3.8) is 0 Å². The maximum Gasteiger partial charge on any atom is 0.265 e. The molecule has 12 heteroatoms. The van der Waals surface area contributed by atoms with E-state index in [4.69, 9.17) is 4.74 Å². The molecule has 0 saturated carbocycles. The number of sulfone groups is 1. The normalized spacial score (nSPS) is 15.5. The van der Waals surface area contributed by atoms with E-state index in [1.54, 1.807) is 37.1 Å². The fourth-order valence-electron chi connectivity index (χ4n) is 4.10. The van der Waals surface area contributed by atoms with Crippen LogP contribution in [0.3, 0.4) is 0 Å². The van der Waals surface area contributed by atoms with E-state index in [9.17, 15) is 18.4 Å². The molecule has 1 fully saturated rings. The molecular formula is C23H34Cl2N4O5S. The van der Waals surface area contributed by atoms with Gasteiger partial charge in [-0.05, 0) is 37.8 Å². The highest BCUT2D eigenvalue weighted by molar-refractivity contribution is 7.93. The van der Waals surface area contributed by atoms with Crippen LogP contribution in [-0.4, -0.2) is 72.5 Å². The Morgan fingerprint density at radius 2 is 1.80 bits per heavy atom. The molecule has 2 heterocycles. The highest BCUT2D eigenvalue weighted by Gasteiger charge is 2.52. The van der Waals surface area contributed by atoms with Gasteiger partial charge in [0.2, 0.25) is 0 Å². The summed E-state index contributed by atoms with van der Waals surface area (Å²) in [6.07, 6.45) is 6.60. The van der Waals surface area contributed by atoms with Crippen LogP contribution in [0.1, 0.15) is 38.3 Å². The number of unbranched alkanes of at least 4 members (excludes halogenated alkanes) is 1. The number of hydrogen-bond donors (Lipinski definition) is 2. The highest BCUT2D eigenvalue weighted by Crippen LogP contribution is 2.36. The van der Waals surface area contributed by atoms with Crippen molar-refractivity contribution in [3.05, 3.63) is 42.4 Å². The molecule has 0 radical (unpaired) electrons. The molecule has 1 aliphatic rings. The number of carbonyl (C=O) groups is 1. The minimum absolute atomic E-state index is 0. The van der Waals surface area contributed by atoms with Gasteiger partial charge in [0, 0.05) is 38.5 Å². The van der Waals surface area contributed by atoms with Crippen LogP contribution in [0.15, 0.2) is 41.6 Å². The number of aromatic nitrogens is 2. The zero-order valence-corrected chi connectivity index (χ0v) is 22.4. The van der Waals surface area contributed by atoms with Crippen molar-refractivity contribution < 1.29 is 23.2 Å². The highest BCUT2D eigenvalue weighted by atomic mass is 35.5. The second kappa shape index (κ2) is 14.1. The van der Waals surface area contributed by atoms with Crippen LogP contribution in [0.25, 0.3) is 11.3 Å². The summed E-state index contributed by atoms with van der Waals surface area (Å²) in [6.45, 7) is 4.12. The number of hydroxylamine groups is 1. The SMILES string of the molecule is CCCCc1cnc(-c2ccc(S(=O)(=O)C3(C(=O)NO)CCN(CCOC)CC3)cc2)cn1.Cl.Cl. The number of nitrogens with one attached hydrogen (secondary N) is 1. The Morgan fingerprint density at radius 1 is 1.14 bits per heavy atom. The van der Waals surface area contributed by atoms with Crippen molar-refractivity contribution in [2.24, 2.45) is 0 Å². The minimum atomic E-state index is -4.06. The van der Waals surface area contributed by atoms with Crippen LogP contribution in [0.5, 0.6) is 0 Å². The molecule has 1 amide bonds. The summed E-state index contributed by atoms with van der Waals surface area (Å²) in [5, 5.41) is 9.33. The number of rotatable bonds is 10. The van der Waals surface area contributed by atoms with Gasteiger partial charge in [0.15, 0.2) is 14.6 Å². The minimum Gasteiger partial charge on any atom is -0.383 e. The number of halogens is 2. The average molecular weight is 550 g/mol. The Labute approximate surface area is 219 Å². The van der Waals surface area contributed by atoms with E-state index in [2.05, 4.69) is 16.9 Å². The van der Waals surface area contributed by atoms with E-state index in [0.29, 0.717) is 31.9 Å². The standard InChI is InChI=1S/C23H32N4O5S.2ClH/c1-3-4-5-19-16-25-21(17-24-19)18-6-8-20(9-7-18)33(30,31)23(22(28)26-29)10-12-27(13-11-23)14-15-32-2;;/h6-9,16-17,29H,3-5,10-15H2,1-2H3,(H,26,28);2*1H. The van der Waals surface area contributed by atoms with E-state index in [-0.39, 0.29) is 42.6 Å². The summed E-state index contributed by atoms with van der Waals surface area (Å²) in [5.74, 6) is -0.897. The molecule has 35 heavy (non-hydrogen) atoms. The fraction of sp³-hybridized carbons (Fsp3) is 0.522. The molecule has 2 aromatic rings. The number of aryl methyl sites for hydroxylation is 1. The van der Waals surface area contributed by atoms with Gasteiger partial charge < -0.3 is 9.64 Å². The van der Waals surface area contributed by atoms with Crippen molar-refractivity contribution >= 4 is 40.6 Å². The number of carbonyl (C=O) groups excluding carboxylic acids is 1. The third-order valence-corrected chi connectivity index (χ3v) is 8.77. The number of amides is 1. The number of ether oxygens (including phenoxy) is 1. The summed E-state index contributed by atoms with van der Waals surface area (Å²) >= 11 is 0. The van der Waals surface area contributed by atoms with Gasteiger partial charge in [0.1, 0.15) is 0 Å². The Hall–Kier alpha value is -1.82. The molecule has 1 aliphatic heterocycles. The molecule has 3 rings (SSSR count). The summed E-state index contributed by atoms with van der Waals surface area (Å²) in [4.78, 5) is 23.6. The third-order valence-electron chi connectivity index (χ3n) is 6.26. The lowest BCUT2D eigenvalue weighted by molar-refractivity contribution is -0.133. The van der Waals surface area contributed by atoms with Gasteiger partial charge in [-0.1, -0.05) is 25.5 Å². The lowest BCUT2D eigenvalue weighted by atomic mass is 9.95. The smallest absolute Gasteiger partial charge is 0.265 e. The van der Waals surface area contributed by atoms with Gasteiger partial charge in [-0.2, -0.15) is 0 Å². The molecule has 0 atom stereocenters. The zero-order valence-electron chi connectivity index (χ0n) is 20.0. The number of hydrogen-bond acceptors (Lipinski definition) is 8. The Bertz CT molecular complexity index is 1030. The van der Waals surface area contributed by atoms with E-state index < -0.39 is 20.5 Å². The van der Waals surface area contributed by atoms with Crippen molar-refractivity contribution in [2.75, 3.05) is 33.4 Å². The first-order chi connectivity index (χ1) is 15.9. The summed E-state index contributed by atoms with van der Waals surface area (Å²) in [5.41, 5.74) is 3.89.